The SMILES string of the molecule is CNCCNS(=O)(=O)Cc1cccc(F)c1. The molecule has 0 atom stereocenters. The molecule has 0 aliphatic carbocycles. The number of likely N-dealkylation sites (N-methyl/N-ethyl adjacent to an activating group) is 1. The predicted molar refractivity (Wildman–Crippen MR) is 61.0 cm³/mol. The molecule has 0 bridgehead atoms. The van der Waals surface area contributed by atoms with Crippen molar-refractivity contribution in [1.82, 2.24) is 10.0 Å². The molecule has 16 heavy (non-hydrogen) atoms. The molecule has 0 spiro atoms. The predicted octanol–water partition coefficient (Wildman–Crippen LogP) is 0.465. The fraction of sp³-hybridized carbons (Fsp3) is 0.400. The average Bonchev–Trinajstić information content (AvgIpc) is 2.17. The number of rotatable bonds is 6. The first-order valence-electron chi connectivity index (χ1n) is 4.90. The Morgan fingerprint density at radius 1 is 1.31 bits per heavy atom. The van der Waals surface area contributed by atoms with E-state index in [1.165, 1.54) is 18.2 Å². The van der Waals surface area contributed by atoms with Crippen LogP contribution in [-0.2, 0) is 15.8 Å². The van der Waals surface area contributed by atoms with Crippen molar-refractivity contribution in [3.63, 3.8) is 0 Å². The normalized spacial score (nSPS) is 11.6. The van der Waals surface area contributed by atoms with Gasteiger partial charge in [-0.3, -0.25) is 0 Å². The Morgan fingerprint density at radius 3 is 2.69 bits per heavy atom. The van der Waals surface area contributed by atoms with Crippen molar-refractivity contribution in [3.05, 3.63) is 35.6 Å². The first-order chi connectivity index (χ1) is 7.53. The van der Waals surface area contributed by atoms with Crippen molar-refractivity contribution in [2.24, 2.45) is 0 Å². The third-order valence-electron chi connectivity index (χ3n) is 1.94. The molecular formula is C10H15FN2O2S. The number of benzene rings is 1. The standard InChI is InChI=1S/C10H15FN2O2S/c1-12-5-6-13-16(14,15)8-9-3-2-4-10(11)7-9/h2-4,7,12-13H,5-6,8H2,1H3. The van der Waals surface area contributed by atoms with Crippen LogP contribution in [0.15, 0.2) is 24.3 Å². The van der Waals surface area contributed by atoms with Crippen molar-refractivity contribution in [1.29, 1.82) is 0 Å². The molecule has 0 aliphatic rings. The molecule has 1 aromatic carbocycles. The molecule has 0 saturated heterocycles. The quantitative estimate of drug-likeness (QED) is 0.717. The summed E-state index contributed by atoms with van der Waals surface area (Å²) in [4.78, 5) is 0. The van der Waals surface area contributed by atoms with Crippen molar-refractivity contribution < 1.29 is 12.8 Å². The molecule has 90 valence electrons. The minimum atomic E-state index is -3.38. The molecule has 4 nitrogen and oxygen atoms in total. The Balaban J connectivity index is 2.59. The van der Waals surface area contributed by atoms with Crippen LogP contribution in [-0.4, -0.2) is 28.6 Å². The second-order valence-corrected chi connectivity index (χ2v) is 5.19. The molecule has 2 N–H and O–H groups in total. The van der Waals surface area contributed by atoms with Crippen LogP contribution in [0.5, 0.6) is 0 Å². The number of sulfonamides is 1. The van der Waals surface area contributed by atoms with E-state index in [1.54, 1.807) is 13.1 Å². The van der Waals surface area contributed by atoms with Crippen molar-refractivity contribution in [2.75, 3.05) is 20.1 Å². The maximum absolute atomic E-state index is 12.8. The van der Waals surface area contributed by atoms with E-state index in [-0.39, 0.29) is 5.75 Å². The first kappa shape index (κ1) is 13.1. The summed E-state index contributed by atoms with van der Waals surface area (Å²) < 4.78 is 38.3. The highest BCUT2D eigenvalue weighted by atomic mass is 32.2. The van der Waals surface area contributed by atoms with Crippen LogP contribution in [0.25, 0.3) is 0 Å². The molecule has 1 aromatic rings. The Hall–Kier alpha value is -0.980. The van der Waals surface area contributed by atoms with E-state index in [2.05, 4.69) is 10.0 Å². The van der Waals surface area contributed by atoms with Gasteiger partial charge in [-0.15, -0.1) is 0 Å². The number of halogens is 1. The zero-order valence-corrected chi connectivity index (χ0v) is 9.85. The second-order valence-electron chi connectivity index (χ2n) is 3.39. The van der Waals surface area contributed by atoms with Gasteiger partial charge in [0.05, 0.1) is 5.75 Å². The molecule has 1 rings (SSSR count). The molecule has 0 heterocycles. The zero-order chi connectivity index (χ0) is 12.0. The maximum Gasteiger partial charge on any atom is 0.215 e. The summed E-state index contributed by atoms with van der Waals surface area (Å²) in [7, 11) is -1.64. The van der Waals surface area contributed by atoms with E-state index in [4.69, 9.17) is 0 Å². The van der Waals surface area contributed by atoms with Gasteiger partial charge in [0.1, 0.15) is 5.82 Å². The van der Waals surface area contributed by atoms with Crippen molar-refractivity contribution in [3.8, 4) is 0 Å². The lowest BCUT2D eigenvalue weighted by Gasteiger charge is -2.06. The topological polar surface area (TPSA) is 58.2 Å². The highest BCUT2D eigenvalue weighted by Crippen LogP contribution is 2.06. The highest BCUT2D eigenvalue weighted by molar-refractivity contribution is 7.88. The summed E-state index contributed by atoms with van der Waals surface area (Å²) >= 11 is 0. The summed E-state index contributed by atoms with van der Waals surface area (Å²) in [6.45, 7) is 0.885. The van der Waals surface area contributed by atoms with Crippen LogP contribution in [0.1, 0.15) is 5.56 Å². The summed E-state index contributed by atoms with van der Waals surface area (Å²) in [6, 6.07) is 5.58. The fourth-order valence-corrected chi connectivity index (χ4v) is 2.36. The lowest BCUT2D eigenvalue weighted by Crippen LogP contribution is -2.31. The minimum absolute atomic E-state index is 0.200. The van der Waals surface area contributed by atoms with Gasteiger partial charge in [-0.05, 0) is 24.7 Å². The second kappa shape index (κ2) is 5.93. The van der Waals surface area contributed by atoms with Crippen LogP contribution in [0.4, 0.5) is 4.39 Å². The Morgan fingerprint density at radius 2 is 2.06 bits per heavy atom. The molecule has 0 aromatic heterocycles. The van der Waals surface area contributed by atoms with E-state index >= 15 is 0 Å². The van der Waals surface area contributed by atoms with Gasteiger partial charge >= 0.3 is 0 Å². The van der Waals surface area contributed by atoms with E-state index in [9.17, 15) is 12.8 Å². The maximum atomic E-state index is 12.8. The van der Waals surface area contributed by atoms with Gasteiger partial charge in [-0.1, -0.05) is 12.1 Å². The van der Waals surface area contributed by atoms with Crippen LogP contribution < -0.4 is 10.0 Å². The molecule has 0 radical (unpaired) electrons. The lowest BCUT2D eigenvalue weighted by atomic mass is 10.2. The first-order valence-corrected chi connectivity index (χ1v) is 6.55. The van der Waals surface area contributed by atoms with Gasteiger partial charge in [-0.25, -0.2) is 17.5 Å². The van der Waals surface area contributed by atoms with Gasteiger partial charge < -0.3 is 5.32 Å². The zero-order valence-electron chi connectivity index (χ0n) is 9.03. The molecule has 0 unspecified atom stereocenters. The minimum Gasteiger partial charge on any atom is -0.318 e. The number of hydrogen-bond donors (Lipinski definition) is 2. The summed E-state index contributed by atoms with van der Waals surface area (Å²) in [5.74, 6) is -0.628. The average molecular weight is 246 g/mol. The van der Waals surface area contributed by atoms with E-state index in [0.29, 0.717) is 18.7 Å². The summed E-state index contributed by atoms with van der Waals surface area (Å²) in [5, 5.41) is 2.83. The molecular weight excluding hydrogens is 231 g/mol. The molecule has 0 saturated carbocycles. The Kier molecular flexibility index (Phi) is 4.85. The largest absolute Gasteiger partial charge is 0.318 e. The number of hydrogen-bond acceptors (Lipinski definition) is 3. The smallest absolute Gasteiger partial charge is 0.215 e. The molecule has 0 fully saturated rings. The van der Waals surface area contributed by atoms with Crippen LogP contribution >= 0.6 is 0 Å². The summed E-state index contributed by atoms with van der Waals surface area (Å²) in [6.07, 6.45) is 0. The highest BCUT2D eigenvalue weighted by Gasteiger charge is 2.10. The molecule has 0 aliphatic heterocycles. The van der Waals surface area contributed by atoms with E-state index in [0.717, 1.165) is 0 Å². The number of nitrogens with one attached hydrogen (secondary N) is 2. The Bertz CT molecular complexity index is 434. The van der Waals surface area contributed by atoms with Gasteiger partial charge in [0.15, 0.2) is 0 Å². The Labute approximate surface area is 94.9 Å². The monoisotopic (exact) mass is 246 g/mol. The third kappa shape index (κ3) is 4.69. The van der Waals surface area contributed by atoms with Gasteiger partial charge in [-0.2, -0.15) is 0 Å². The molecule has 6 heteroatoms. The fourth-order valence-electron chi connectivity index (χ4n) is 1.23. The van der Waals surface area contributed by atoms with Crippen LogP contribution in [0.3, 0.4) is 0 Å². The summed E-state index contributed by atoms with van der Waals surface area (Å²) in [5.41, 5.74) is 0.442. The van der Waals surface area contributed by atoms with Crippen molar-refractivity contribution in [2.45, 2.75) is 5.75 Å². The van der Waals surface area contributed by atoms with Crippen LogP contribution in [0.2, 0.25) is 0 Å². The van der Waals surface area contributed by atoms with Gasteiger partial charge in [0.2, 0.25) is 10.0 Å². The van der Waals surface area contributed by atoms with Gasteiger partial charge in [0.25, 0.3) is 0 Å². The third-order valence-corrected chi connectivity index (χ3v) is 3.30. The van der Waals surface area contributed by atoms with E-state index < -0.39 is 15.8 Å². The van der Waals surface area contributed by atoms with Crippen LogP contribution in [0, 0.1) is 5.82 Å². The van der Waals surface area contributed by atoms with Crippen molar-refractivity contribution >= 4 is 10.0 Å². The van der Waals surface area contributed by atoms with E-state index in [1.807, 2.05) is 0 Å². The van der Waals surface area contributed by atoms with Gasteiger partial charge in [0, 0.05) is 13.1 Å². The molecule has 0 amide bonds. The lowest BCUT2D eigenvalue weighted by molar-refractivity contribution is 0.578.